The molecule has 0 unspecified atom stereocenters. The average molecular weight is 315 g/mol. The minimum absolute atomic E-state index is 0.0217. The monoisotopic (exact) mass is 314 g/mol. The highest BCUT2D eigenvalue weighted by molar-refractivity contribution is 6.30. The van der Waals surface area contributed by atoms with Crippen molar-refractivity contribution in [1.29, 1.82) is 0 Å². The average Bonchev–Trinajstić information content (AvgIpc) is 2.47. The lowest BCUT2D eigenvalue weighted by atomic mass is 10.2. The maximum atomic E-state index is 11.6. The zero-order valence-corrected chi connectivity index (χ0v) is 13.3. The van der Waals surface area contributed by atoms with E-state index >= 15 is 0 Å². The first-order valence-corrected chi connectivity index (χ1v) is 7.42. The van der Waals surface area contributed by atoms with Crippen molar-refractivity contribution in [2.45, 2.75) is 19.9 Å². The van der Waals surface area contributed by atoms with E-state index in [0.29, 0.717) is 30.5 Å². The van der Waals surface area contributed by atoms with E-state index in [1.165, 1.54) is 0 Å². The Morgan fingerprint density at radius 3 is 2.86 bits per heavy atom. The summed E-state index contributed by atoms with van der Waals surface area (Å²) < 4.78 is 10.4. The van der Waals surface area contributed by atoms with E-state index in [9.17, 15) is 4.79 Å². The molecule has 0 fully saturated rings. The normalized spacial score (nSPS) is 10.4. The first-order chi connectivity index (χ1) is 10.2. The summed E-state index contributed by atoms with van der Waals surface area (Å²) >= 11 is 6.00. The van der Waals surface area contributed by atoms with Crippen LogP contribution in [0.2, 0.25) is 5.02 Å². The molecule has 2 N–H and O–H groups in total. The minimum atomic E-state index is -0.172. The lowest BCUT2D eigenvalue weighted by molar-refractivity contribution is -0.123. The van der Waals surface area contributed by atoms with E-state index in [0.717, 1.165) is 18.5 Å². The minimum Gasteiger partial charge on any atom is -0.483 e. The molecule has 0 saturated heterocycles. The van der Waals surface area contributed by atoms with Gasteiger partial charge in [-0.3, -0.25) is 4.79 Å². The van der Waals surface area contributed by atoms with E-state index in [1.807, 2.05) is 6.07 Å². The fraction of sp³-hybridized carbons (Fsp3) is 0.533. The maximum absolute atomic E-state index is 11.6. The quantitative estimate of drug-likeness (QED) is 0.648. The Balaban J connectivity index is 2.50. The van der Waals surface area contributed by atoms with Crippen molar-refractivity contribution >= 4 is 17.5 Å². The van der Waals surface area contributed by atoms with E-state index in [2.05, 4.69) is 17.6 Å². The molecule has 0 aromatic heterocycles. The molecule has 0 atom stereocenters. The van der Waals surface area contributed by atoms with E-state index < -0.39 is 0 Å². The summed E-state index contributed by atoms with van der Waals surface area (Å²) in [6.07, 6.45) is 1.05. The molecule has 1 aromatic carbocycles. The Kier molecular flexibility index (Phi) is 8.82. The summed E-state index contributed by atoms with van der Waals surface area (Å²) in [4.78, 5) is 11.6. The lowest BCUT2D eigenvalue weighted by Gasteiger charge is -2.12. The van der Waals surface area contributed by atoms with Gasteiger partial charge in [0.2, 0.25) is 0 Å². The molecule has 0 aliphatic heterocycles. The fourth-order valence-corrected chi connectivity index (χ4v) is 1.91. The lowest BCUT2D eigenvalue weighted by Crippen LogP contribution is -2.31. The highest BCUT2D eigenvalue weighted by atomic mass is 35.5. The summed E-state index contributed by atoms with van der Waals surface area (Å²) in [5, 5.41) is 6.65. The third-order valence-corrected chi connectivity index (χ3v) is 2.99. The van der Waals surface area contributed by atoms with Crippen molar-refractivity contribution in [3.05, 3.63) is 28.8 Å². The van der Waals surface area contributed by atoms with Gasteiger partial charge in [0, 0.05) is 30.8 Å². The van der Waals surface area contributed by atoms with E-state index in [-0.39, 0.29) is 12.5 Å². The molecule has 0 radical (unpaired) electrons. The molecule has 1 rings (SSSR count). The Hall–Kier alpha value is -1.30. The van der Waals surface area contributed by atoms with Gasteiger partial charge >= 0.3 is 0 Å². The molecule has 0 aliphatic carbocycles. The summed E-state index contributed by atoms with van der Waals surface area (Å²) in [6, 6.07) is 5.39. The number of methoxy groups -OCH3 is 1. The Morgan fingerprint density at radius 2 is 2.14 bits per heavy atom. The molecule has 6 heteroatoms. The molecule has 0 heterocycles. The molecular weight excluding hydrogens is 292 g/mol. The highest BCUT2D eigenvalue weighted by Crippen LogP contribution is 2.22. The van der Waals surface area contributed by atoms with Gasteiger partial charge in [-0.25, -0.2) is 0 Å². The van der Waals surface area contributed by atoms with Crippen LogP contribution in [0.5, 0.6) is 5.75 Å². The maximum Gasteiger partial charge on any atom is 0.258 e. The number of hydrogen-bond acceptors (Lipinski definition) is 4. The number of rotatable bonds is 10. The molecule has 21 heavy (non-hydrogen) atoms. The zero-order chi connectivity index (χ0) is 15.5. The molecule has 1 amide bonds. The molecule has 0 bridgehead atoms. The number of carbonyl (C=O) groups excluding carboxylic acids is 1. The van der Waals surface area contributed by atoms with Crippen molar-refractivity contribution < 1.29 is 14.3 Å². The predicted octanol–water partition coefficient (Wildman–Crippen LogP) is 1.98. The molecule has 0 aliphatic rings. The third kappa shape index (κ3) is 7.32. The largest absolute Gasteiger partial charge is 0.483 e. The molecule has 1 aromatic rings. The van der Waals surface area contributed by atoms with Crippen molar-refractivity contribution in [2.24, 2.45) is 0 Å². The first-order valence-electron chi connectivity index (χ1n) is 7.05. The third-order valence-electron chi connectivity index (χ3n) is 2.75. The molecule has 0 spiro atoms. The molecular formula is C15H23ClN2O3. The molecule has 0 saturated carbocycles. The van der Waals surface area contributed by atoms with E-state index in [1.54, 1.807) is 19.2 Å². The van der Waals surface area contributed by atoms with Crippen LogP contribution in [0.25, 0.3) is 0 Å². The van der Waals surface area contributed by atoms with Crippen LogP contribution in [0.15, 0.2) is 18.2 Å². The van der Waals surface area contributed by atoms with Crippen LogP contribution in [0.1, 0.15) is 18.9 Å². The smallest absolute Gasteiger partial charge is 0.258 e. The van der Waals surface area contributed by atoms with Gasteiger partial charge in [-0.1, -0.05) is 18.5 Å². The Morgan fingerprint density at radius 1 is 1.33 bits per heavy atom. The van der Waals surface area contributed by atoms with Crippen LogP contribution in [0.4, 0.5) is 0 Å². The van der Waals surface area contributed by atoms with Gasteiger partial charge in [-0.05, 0) is 31.2 Å². The van der Waals surface area contributed by atoms with Crippen LogP contribution < -0.4 is 15.4 Å². The zero-order valence-electron chi connectivity index (χ0n) is 12.6. The Labute approximate surface area is 131 Å². The van der Waals surface area contributed by atoms with Crippen molar-refractivity contribution in [1.82, 2.24) is 10.6 Å². The summed E-state index contributed by atoms with van der Waals surface area (Å²) in [5.41, 5.74) is 0.945. The standard InChI is InChI=1S/C15H23ClN2O3/c1-3-6-17-10-12-9-13(16)4-5-14(12)21-11-15(19)18-7-8-20-2/h4-5,9,17H,3,6-8,10-11H2,1-2H3,(H,18,19). The second-order valence-corrected chi connectivity index (χ2v) is 5.00. The topological polar surface area (TPSA) is 59.6 Å². The van der Waals surface area contributed by atoms with Crippen molar-refractivity contribution in [3.63, 3.8) is 0 Å². The molecule has 118 valence electrons. The van der Waals surface area contributed by atoms with Gasteiger partial charge in [-0.15, -0.1) is 0 Å². The van der Waals surface area contributed by atoms with Gasteiger partial charge in [0.25, 0.3) is 5.91 Å². The van der Waals surface area contributed by atoms with Crippen molar-refractivity contribution in [2.75, 3.05) is 33.4 Å². The SMILES string of the molecule is CCCNCc1cc(Cl)ccc1OCC(=O)NCCOC. The summed E-state index contributed by atoms with van der Waals surface area (Å²) in [7, 11) is 1.59. The number of halogens is 1. The number of ether oxygens (including phenoxy) is 2. The highest BCUT2D eigenvalue weighted by Gasteiger charge is 2.07. The number of nitrogens with one attached hydrogen (secondary N) is 2. The van der Waals surface area contributed by atoms with Crippen LogP contribution in [-0.2, 0) is 16.1 Å². The second kappa shape index (κ2) is 10.4. The van der Waals surface area contributed by atoms with Gasteiger partial charge < -0.3 is 20.1 Å². The van der Waals surface area contributed by atoms with Gasteiger partial charge in [0.1, 0.15) is 5.75 Å². The molecule has 5 nitrogen and oxygen atoms in total. The van der Waals surface area contributed by atoms with Gasteiger partial charge in [0.05, 0.1) is 6.61 Å². The fourth-order valence-electron chi connectivity index (χ4n) is 1.71. The van der Waals surface area contributed by atoms with Crippen LogP contribution in [0, 0.1) is 0 Å². The summed E-state index contributed by atoms with van der Waals surface area (Å²) in [5.74, 6) is 0.499. The number of hydrogen-bond donors (Lipinski definition) is 2. The summed E-state index contributed by atoms with van der Waals surface area (Å²) in [6.45, 7) is 4.63. The van der Waals surface area contributed by atoms with Gasteiger partial charge in [-0.2, -0.15) is 0 Å². The van der Waals surface area contributed by atoms with Crippen molar-refractivity contribution in [3.8, 4) is 5.75 Å². The second-order valence-electron chi connectivity index (χ2n) is 4.56. The van der Waals surface area contributed by atoms with Crippen LogP contribution in [-0.4, -0.2) is 39.3 Å². The van der Waals surface area contributed by atoms with Crippen LogP contribution >= 0.6 is 11.6 Å². The first kappa shape index (κ1) is 17.8. The Bertz CT molecular complexity index is 441. The predicted molar refractivity (Wildman–Crippen MR) is 83.8 cm³/mol. The van der Waals surface area contributed by atoms with E-state index in [4.69, 9.17) is 21.1 Å². The van der Waals surface area contributed by atoms with Gasteiger partial charge in [0.15, 0.2) is 6.61 Å². The number of benzene rings is 1. The number of amides is 1. The number of carbonyl (C=O) groups is 1. The van der Waals surface area contributed by atoms with Crippen LogP contribution in [0.3, 0.4) is 0 Å².